The molecule has 1 saturated heterocycles. The van der Waals surface area contributed by atoms with E-state index in [0.29, 0.717) is 13.2 Å². The SMILES string of the molecule is CCOc1ccc(-n2cccc2[C@@H]2[C@@H](c3ccccn3)NC(=S)N2CCCOC)cc1. The fourth-order valence-corrected chi connectivity index (χ4v) is 4.42. The molecule has 162 valence electrons. The largest absolute Gasteiger partial charge is 0.494 e. The lowest BCUT2D eigenvalue weighted by molar-refractivity contribution is 0.180. The van der Waals surface area contributed by atoms with E-state index in [2.05, 4.69) is 56.3 Å². The number of pyridine rings is 1. The summed E-state index contributed by atoms with van der Waals surface area (Å²) in [6, 6.07) is 18.4. The van der Waals surface area contributed by atoms with Crippen molar-refractivity contribution in [1.82, 2.24) is 19.8 Å². The Morgan fingerprint density at radius 3 is 2.65 bits per heavy atom. The molecule has 0 saturated carbocycles. The summed E-state index contributed by atoms with van der Waals surface area (Å²) in [7, 11) is 1.73. The number of nitrogens with zero attached hydrogens (tertiary/aromatic N) is 3. The predicted molar refractivity (Wildman–Crippen MR) is 126 cm³/mol. The van der Waals surface area contributed by atoms with Gasteiger partial charge in [0.15, 0.2) is 5.11 Å². The first-order valence-corrected chi connectivity index (χ1v) is 11.0. The first-order valence-electron chi connectivity index (χ1n) is 10.6. The van der Waals surface area contributed by atoms with E-state index in [-0.39, 0.29) is 12.1 Å². The van der Waals surface area contributed by atoms with E-state index in [1.54, 1.807) is 7.11 Å². The molecule has 2 aromatic heterocycles. The molecule has 0 radical (unpaired) electrons. The summed E-state index contributed by atoms with van der Waals surface area (Å²) >= 11 is 5.74. The van der Waals surface area contributed by atoms with Crippen molar-refractivity contribution in [2.75, 3.05) is 26.9 Å². The Morgan fingerprint density at radius 1 is 1.10 bits per heavy atom. The Kier molecular flexibility index (Phi) is 6.84. The van der Waals surface area contributed by atoms with Crippen LogP contribution >= 0.6 is 12.2 Å². The second-order valence-corrected chi connectivity index (χ2v) is 7.78. The minimum absolute atomic E-state index is 0.0147. The van der Waals surface area contributed by atoms with Crippen molar-refractivity contribution in [2.45, 2.75) is 25.4 Å². The van der Waals surface area contributed by atoms with Crippen LogP contribution in [0, 0.1) is 0 Å². The molecule has 6 nitrogen and oxygen atoms in total. The van der Waals surface area contributed by atoms with Gasteiger partial charge in [-0.25, -0.2) is 0 Å². The van der Waals surface area contributed by atoms with E-state index in [1.165, 1.54) is 0 Å². The summed E-state index contributed by atoms with van der Waals surface area (Å²) in [4.78, 5) is 6.88. The van der Waals surface area contributed by atoms with Crippen LogP contribution in [0.1, 0.15) is 36.8 Å². The van der Waals surface area contributed by atoms with Crippen LogP contribution in [0.3, 0.4) is 0 Å². The lowest BCUT2D eigenvalue weighted by atomic mass is 10.0. The van der Waals surface area contributed by atoms with Gasteiger partial charge in [-0.2, -0.15) is 0 Å². The zero-order valence-corrected chi connectivity index (χ0v) is 18.7. The number of benzene rings is 1. The number of ether oxygens (including phenoxy) is 2. The predicted octanol–water partition coefficient (Wildman–Crippen LogP) is 4.28. The van der Waals surface area contributed by atoms with Gasteiger partial charge >= 0.3 is 0 Å². The maximum atomic E-state index is 5.74. The van der Waals surface area contributed by atoms with Crippen molar-refractivity contribution in [3.8, 4) is 11.4 Å². The topological polar surface area (TPSA) is 51.5 Å². The Hall–Kier alpha value is -2.90. The smallest absolute Gasteiger partial charge is 0.170 e. The minimum atomic E-state index is -0.0346. The highest BCUT2D eigenvalue weighted by Gasteiger charge is 2.40. The molecule has 1 aliphatic rings. The maximum Gasteiger partial charge on any atom is 0.170 e. The second kappa shape index (κ2) is 9.94. The number of thiocarbonyl (C=S) groups is 1. The maximum absolute atomic E-state index is 5.74. The van der Waals surface area contributed by atoms with E-state index < -0.39 is 0 Å². The first kappa shape index (κ1) is 21.3. The van der Waals surface area contributed by atoms with Crippen LogP contribution in [0.2, 0.25) is 0 Å². The molecule has 1 aromatic carbocycles. The molecular weight excluding hydrogens is 408 g/mol. The Bertz CT molecular complexity index is 990. The van der Waals surface area contributed by atoms with Gasteiger partial charge < -0.3 is 24.3 Å². The standard InChI is InChI=1S/C24H28N4O2S/c1-3-30-19-12-10-18(11-13-19)27-15-6-9-21(27)23-22(20-8-4-5-14-25-20)26-24(31)28(23)16-7-17-29-2/h4-6,8-15,22-23H,3,7,16-17H2,1-2H3,(H,26,31)/t22-,23-/m1/s1. The molecule has 0 amide bonds. The van der Waals surface area contributed by atoms with Gasteiger partial charge in [0.05, 0.1) is 24.4 Å². The number of nitrogens with one attached hydrogen (secondary N) is 1. The lowest BCUT2D eigenvalue weighted by Crippen LogP contribution is -2.32. The van der Waals surface area contributed by atoms with Crippen molar-refractivity contribution in [3.05, 3.63) is 78.4 Å². The summed E-state index contributed by atoms with van der Waals surface area (Å²) in [5.41, 5.74) is 3.21. The van der Waals surface area contributed by atoms with Gasteiger partial charge in [0.1, 0.15) is 5.75 Å². The highest BCUT2D eigenvalue weighted by molar-refractivity contribution is 7.80. The van der Waals surface area contributed by atoms with Crippen LogP contribution in [0.15, 0.2) is 67.0 Å². The third-order valence-corrected chi connectivity index (χ3v) is 5.81. The lowest BCUT2D eigenvalue weighted by Gasteiger charge is -2.29. The van der Waals surface area contributed by atoms with Crippen molar-refractivity contribution in [1.29, 1.82) is 0 Å². The third kappa shape index (κ3) is 4.57. The van der Waals surface area contributed by atoms with Crippen LogP contribution in [0.4, 0.5) is 0 Å². The Morgan fingerprint density at radius 2 is 1.94 bits per heavy atom. The number of hydrogen-bond donors (Lipinski definition) is 1. The summed E-state index contributed by atoms with van der Waals surface area (Å²) < 4.78 is 13.1. The van der Waals surface area contributed by atoms with Gasteiger partial charge in [-0.3, -0.25) is 4.98 Å². The molecule has 0 bridgehead atoms. The van der Waals surface area contributed by atoms with Crippen molar-refractivity contribution < 1.29 is 9.47 Å². The van der Waals surface area contributed by atoms with Gasteiger partial charge in [0, 0.05) is 44.0 Å². The van der Waals surface area contributed by atoms with E-state index >= 15 is 0 Å². The molecule has 1 aliphatic heterocycles. The zero-order valence-electron chi connectivity index (χ0n) is 17.9. The Balaban J connectivity index is 1.71. The molecular formula is C24H28N4O2S. The summed E-state index contributed by atoms with van der Waals surface area (Å²) in [6.45, 7) is 4.15. The monoisotopic (exact) mass is 436 g/mol. The van der Waals surface area contributed by atoms with Gasteiger partial charge in [-0.15, -0.1) is 0 Å². The molecule has 1 N–H and O–H groups in total. The van der Waals surface area contributed by atoms with E-state index in [1.807, 2.05) is 37.4 Å². The van der Waals surface area contributed by atoms with Gasteiger partial charge in [-0.05, 0) is 74.1 Å². The van der Waals surface area contributed by atoms with Crippen LogP contribution in [-0.4, -0.2) is 46.4 Å². The normalized spacial score (nSPS) is 18.3. The zero-order chi connectivity index (χ0) is 21.6. The average Bonchev–Trinajstić information content (AvgIpc) is 3.40. The molecule has 2 atom stereocenters. The van der Waals surface area contributed by atoms with E-state index in [4.69, 9.17) is 21.7 Å². The number of aromatic nitrogens is 2. The van der Waals surface area contributed by atoms with Crippen molar-refractivity contribution >= 4 is 17.3 Å². The first-order chi connectivity index (χ1) is 15.2. The molecule has 4 rings (SSSR count). The van der Waals surface area contributed by atoms with Gasteiger partial charge in [0.25, 0.3) is 0 Å². The molecule has 0 spiro atoms. The highest BCUT2D eigenvalue weighted by atomic mass is 32.1. The van der Waals surface area contributed by atoms with Crippen molar-refractivity contribution in [2.24, 2.45) is 0 Å². The van der Waals surface area contributed by atoms with Crippen LogP contribution in [0.5, 0.6) is 5.75 Å². The van der Waals surface area contributed by atoms with Crippen LogP contribution in [0.25, 0.3) is 5.69 Å². The van der Waals surface area contributed by atoms with E-state index in [9.17, 15) is 0 Å². The number of rotatable bonds is 9. The van der Waals surface area contributed by atoms with Crippen molar-refractivity contribution in [3.63, 3.8) is 0 Å². The van der Waals surface area contributed by atoms with Gasteiger partial charge in [0.2, 0.25) is 0 Å². The summed E-state index contributed by atoms with van der Waals surface area (Å²) in [5, 5.41) is 4.26. The number of methoxy groups -OCH3 is 1. The molecule has 3 heterocycles. The van der Waals surface area contributed by atoms with Crippen LogP contribution < -0.4 is 10.1 Å². The Labute approximate surface area is 188 Å². The molecule has 3 aromatic rings. The fraction of sp³-hybridized carbons (Fsp3) is 0.333. The molecule has 31 heavy (non-hydrogen) atoms. The second-order valence-electron chi connectivity index (χ2n) is 7.40. The third-order valence-electron chi connectivity index (χ3n) is 5.45. The molecule has 1 fully saturated rings. The fourth-order valence-electron chi connectivity index (χ4n) is 4.09. The van der Waals surface area contributed by atoms with E-state index in [0.717, 1.165) is 40.9 Å². The van der Waals surface area contributed by atoms with Gasteiger partial charge in [-0.1, -0.05) is 6.07 Å². The quantitative estimate of drug-likeness (QED) is 0.399. The molecule has 0 aliphatic carbocycles. The summed E-state index contributed by atoms with van der Waals surface area (Å²) in [6.07, 6.45) is 4.82. The summed E-state index contributed by atoms with van der Waals surface area (Å²) in [5.74, 6) is 0.872. The molecule has 7 heteroatoms. The highest BCUT2D eigenvalue weighted by Crippen LogP contribution is 2.39. The number of hydrogen-bond acceptors (Lipinski definition) is 4. The average molecular weight is 437 g/mol. The van der Waals surface area contributed by atoms with Crippen LogP contribution in [-0.2, 0) is 4.74 Å². The minimum Gasteiger partial charge on any atom is -0.494 e. The molecule has 0 unspecified atom stereocenters.